The van der Waals surface area contributed by atoms with Gasteiger partial charge in [-0.05, 0) is 37.3 Å². The van der Waals surface area contributed by atoms with Crippen LogP contribution in [0.4, 0.5) is 11.5 Å². The molecular formula is C21H19N3O. The Labute approximate surface area is 146 Å². The van der Waals surface area contributed by atoms with Crippen molar-refractivity contribution < 1.29 is 1.43 Å². The van der Waals surface area contributed by atoms with E-state index in [1.54, 1.807) is 12.3 Å². The number of hydrogen-bond acceptors (Lipinski definition) is 3. The van der Waals surface area contributed by atoms with E-state index in [-0.39, 0.29) is 6.86 Å². The maximum absolute atomic E-state index is 12.6. The summed E-state index contributed by atoms with van der Waals surface area (Å²) in [4.78, 5) is 16.9. The molecular weight excluding hydrogens is 310 g/mol. The van der Waals surface area contributed by atoms with Gasteiger partial charge in [0, 0.05) is 30.8 Å². The second-order valence-corrected chi connectivity index (χ2v) is 5.90. The van der Waals surface area contributed by atoms with E-state index in [0.29, 0.717) is 5.39 Å². The minimum absolute atomic E-state index is 0. The van der Waals surface area contributed by atoms with E-state index in [0.717, 1.165) is 28.4 Å². The summed E-state index contributed by atoms with van der Waals surface area (Å²) in [5, 5.41) is 3.97. The van der Waals surface area contributed by atoms with E-state index in [1.165, 1.54) is 0 Å². The molecule has 0 radical (unpaired) electrons. The van der Waals surface area contributed by atoms with Gasteiger partial charge in [-0.25, -0.2) is 0 Å². The van der Waals surface area contributed by atoms with Crippen LogP contribution in [0.2, 0.25) is 0 Å². The van der Waals surface area contributed by atoms with Crippen LogP contribution in [0.5, 0.6) is 0 Å². The van der Waals surface area contributed by atoms with E-state index in [1.807, 2.05) is 73.7 Å². The molecule has 0 spiro atoms. The molecule has 0 aliphatic rings. The van der Waals surface area contributed by atoms with E-state index in [4.69, 9.17) is 0 Å². The highest BCUT2D eigenvalue weighted by Crippen LogP contribution is 2.25. The number of fused-ring (bicyclic) bond motifs is 1. The number of hydrogen-bond donors (Lipinski definition) is 1. The van der Waals surface area contributed by atoms with Gasteiger partial charge in [0.25, 0.3) is 0 Å². The molecule has 0 bridgehead atoms. The largest absolute Gasteiger partial charge is 0.341 e. The van der Waals surface area contributed by atoms with Crippen LogP contribution in [-0.4, -0.2) is 9.55 Å². The first-order valence-electron chi connectivity index (χ1n) is 8.12. The Kier molecular flexibility index (Phi) is 3.78. The van der Waals surface area contributed by atoms with Crippen LogP contribution in [0.15, 0.2) is 83.8 Å². The Hall–Kier alpha value is -3.40. The average Bonchev–Trinajstić information content (AvgIpc) is 2.63. The van der Waals surface area contributed by atoms with Crippen LogP contribution in [0, 0.1) is 6.92 Å². The minimum atomic E-state index is -0.0480. The maximum Gasteiger partial charge on any atom is 0.193 e. The van der Waals surface area contributed by atoms with Gasteiger partial charge in [0.2, 0.25) is 0 Å². The molecule has 4 rings (SSSR count). The van der Waals surface area contributed by atoms with Crippen LogP contribution in [0.3, 0.4) is 0 Å². The first kappa shape index (κ1) is 15.1. The van der Waals surface area contributed by atoms with Crippen molar-refractivity contribution >= 4 is 22.4 Å². The minimum Gasteiger partial charge on any atom is -0.341 e. The lowest BCUT2D eigenvalue weighted by molar-refractivity contribution is 1.09. The van der Waals surface area contributed by atoms with Gasteiger partial charge in [-0.15, -0.1) is 0 Å². The third kappa shape index (κ3) is 2.90. The quantitative estimate of drug-likeness (QED) is 0.593. The first-order chi connectivity index (χ1) is 12.2. The number of benzene rings is 2. The van der Waals surface area contributed by atoms with Crippen molar-refractivity contribution in [3.8, 4) is 5.69 Å². The summed E-state index contributed by atoms with van der Waals surface area (Å²) >= 11 is 0. The van der Waals surface area contributed by atoms with Gasteiger partial charge < -0.3 is 5.32 Å². The summed E-state index contributed by atoms with van der Waals surface area (Å²) in [6.07, 6.45) is 1.65. The molecule has 124 valence electrons. The van der Waals surface area contributed by atoms with E-state index in [9.17, 15) is 4.79 Å². The molecule has 2 heterocycles. The number of aryl methyl sites for hydroxylation is 1. The van der Waals surface area contributed by atoms with Crippen molar-refractivity contribution in [1.29, 1.82) is 0 Å². The number of nitrogens with one attached hydrogen (secondary N) is 1. The number of rotatable bonds is 3. The Balaban J connectivity index is 0.00000196. The highest BCUT2D eigenvalue weighted by atomic mass is 16.1. The molecule has 0 amide bonds. The van der Waals surface area contributed by atoms with Crippen molar-refractivity contribution in [3.05, 3.63) is 94.9 Å². The molecule has 4 aromatic rings. The standard InChI is InChI=1S/C21H17N3O.H2/c1-15-12-19-18(14-22-15)20(25)13-21(23-16-8-4-2-5-9-16)24(19)17-10-6-3-7-11-17;/h2-14,23H,1H3;1H. The molecule has 0 saturated carbocycles. The van der Waals surface area contributed by atoms with Gasteiger partial charge in [0.05, 0.1) is 10.9 Å². The van der Waals surface area contributed by atoms with Crippen LogP contribution in [-0.2, 0) is 0 Å². The zero-order valence-electron chi connectivity index (χ0n) is 13.8. The maximum atomic E-state index is 12.6. The lowest BCUT2D eigenvalue weighted by atomic mass is 10.2. The molecule has 0 atom stereocenters. The number of aromatic nitrogens is 2. The molecule has 4 heteroatoms. The predicted molar refractivity (Wildman–Crippen MR) is 104 cm³/mol. The molecule has 0 unspecified atom stereocenters. The van der Waals surface area contributed by atoms with Crippen molar-refractivity contribution in [2.45, 2.75) is 6.92 Å². The summed E-state index contributed by atoms with van der Waals surface area (Å²) in [6.45, 7) is 1.93. The second-order valence-electron chi connectivity index (χ2n) is 5.90. The fraction of sp³-hybridized carbons (Fsp3) is 0.0476. The summed E-state index contributed by atoms with van der Waals surface area (Å²) in [6, 6.07) is 23.4. The topological polar surface area (TPSA) is 46.9 Å². The highest BCUT2D eigenvalue weighted by molar-refractivity contribution is 5.83. The summed E-state index contributed by atoms with van der Waals surface area (Å²) < 4.78 is 2.05. The van der Waals surface area contributed by atoms with Crippen LogP contribution in [0.25, 0.3) is 16.6 Å². The zero-order chi connectivity index (χ0) is 17.2. The van der Waals surface area contributed by atoms with Gasteiger partial charge in [-0.2, -0.15) is 0 Å². The fourth-order valence-electron chi connectivity index (χ4n) is 2.93. The average molecular weight is 329 g/mol. The lowest BCUT2D eigenvalue weighted by Gasteiger charge is -2.18. The highest BCUT2D eigenvalue weighted by Gasteiger charge is 2.12. The predicted octanol–water partition coefficient (Wildman–Crippen LogP) is 4.68. The van der Waals surface area contributed by atoms with Gasteiger partial charge in [0.1, 0.15) is 5.82 Å². The van der Waals surface area contributed by atoms with Crippen LogP contribution < -0.4 is 10.7 Å². The van der Waals surface area contributed by atoms with Crippen molar-refractivity contribution in [2.24, 2.45) is 0 Å². The number of para-hydroxylation sites is 2. The smallest absolute Gasteiger partial charge is 0.193 e. The van der Waals surface area contributed by atoms with Crippen LogP contribution >= 0.6 is 0 Å². The molecule has 0 aliphatic heterocycles. The third-order valence-electron chi connectivity index (χ3n) is 4.09. The molecule has 0 aliphatic carbocycles. The van der Waals surface area contributed by atoms with Gasteiger partial charge >= 0.3 is 0 Å². The summed E-state index contributed by atoms with van der Waals surface area (Å²) in [5.41, 5.74) is 3.57. The summed E-state index contributed by atoms with van der Waals surface area (Å²) in [7, 11) is 0. The molecule has 0 fully saturated rings. The Morgan fingerprint density at radius 3 is 2.36 bits per heavy atom. The molecule has 4 nitrogen and oxygen atoms in total. The number of anilines is 2. The molecule has 2 aromatic carbocycles. The fourth-order valence-corrected chi connectivity index (χ4v) is 2.93. The van der Waals surface area contributed by atoms with Gasteiger partial charge in [-0.3, -0.25) is 14.3 Å². The Bertz CT molecular complexity index is 1090. The first-order valence-corrected chi connectivity index (χ1v) is 8.12. The van der Waals surface area contributed by atoms with E-state index < -0.39 is 0 Å². The lowest BCUT2D eigenvalue weighted by Crippen LogP contribution is -2.13. The third-order valence-corrected chi connectivity index (χ3v) is 4.09. The van der Waals surface area contributed by atoms with E-state index in [2.05, 4.69) is 14.9 Å². The van der Waals surface area contributed by atoms with Crippen molar-refractivity contribution in [1.82, 2.24) is 9.55 Å². The number of pyridine rings is 2. The van der Waals surface area contributed by atoms with Gasteiger partial charge in [0.15, 0.2) is 5.43 Å². The zero-order valence-corrected chi connectivity index (χ0v) is 13.8. The SMILES string of the molecule is Cc1cc2c(cn1)c(=O)cc(Nc1ccccc1)n2-c1ccccc1.[HH]. The molecule has 0 saturated heterocycles. The van der Waals surface area contributed by atoms with Crippen LogP contribution in [0.1, 0.15) is 7.12 Å². The normalized spacial score (nSPS) is 10.8. The van der Waals surface area contributed by atoms with Crippen molar-refractivity contribution in [2.75, 3.05) is 5.32 Å². The monoisotopic (exact) mass is 329 g/mol. The molecule has 1 N–H and O–H groups in total. The number of nitrogens with zero attached hydrogens (tertiary/aromatic N) is 2. The Morgan fingerprint density at radius 1 is 0.960 bits per heavy atom. The second kappa shape index (κ2) is 6.24. The molecule has 2 aromatic heterocycles. The molecule has 25 heavy (non-hydrogen) atoms. The van der Waals surface area contributed by atoms with E-state index >= 15 is 0 Å². The summed E-state index contributed by atoms with van der Waals surface area (Å²) in [5.74, 6) is 0.723. The van der Waals surface area contributed by atoms with Gasteiger partial charge in [-0.1, -0.05) is 36.4 Å². The van der Waals surface area contributed by atoms with Crippen molar-refractivity contribution in [3.63, 3.8) is 0 Å². The Morgan fingerprint density at radius 2 is 1.64 bits per heavy atom.